The fraction of sp³-hybridized carbons (Fsp3) is 0.500. The first-order valence-electron chi connectivity index (χ1n) is 5.87. The highest BCUT2D eigenvalue weighted by Gasteiger charge is 1.92. The summed E-state index contributed by atoms with van der Waals surface area (Å²) in [4.78, 5) is 11.4. The Bertz CT molecular complexity index is 434. The highest BCUT2D eigenvalue weighted by atomic mass is 16.1. The van der Waals surface area contributed by atoms with Crippen molar-refractivity contribution >= 4 is 0 Å². The fourth-order valence-corrected chi connectivity index (χ4v) is 1.47. The monoisotopic (exact) mass is 217 g/mol. The molecule has 0 aliphatic heterocycles. The van der Waals surface area contributed by atoms with E-state index >= 15 is 0 Å². The molecule has 1 rings (SSSR count). The highest BCUT2D eigenvalue weighted by Crippen LogP contribution is 1.96. The molecule has 0 unspecified atom stereocenters. The van der Waals surface area contributed by atoms with Crippen molar-refractivity contribution in [3.8, 4) is 11.8 Å². The maximum absolute atomic E-state index is 11.4. The van der Waals surface area contributed by atoms with Gasteiger partial charge in [-0.25, -0.2) is 0 Å². The van der Waals surface area contributed by atoms with Crippen LogP contribution in [0.3, 0.4) is 0 Å². The van der Waals surface area contributed by atoms with Crippen LogP contribution in [0, 0.1) is 18.8 Å². The van der Waals surface area contributed by atoms with Crippen molar-refractivity contribution < 1.29 is 0 Å². The Hall–Kier alpha value is -1.49. The number of hydrogen-bond donors (Lipinski definition) is 0. The van der Waals surface area contributed by atoms with E-state index in [1.54, 1.807) is 10.6 Å². The van der Waals surface area contributed by atoms with Gasteiger partial charge in [0.25, 0.3) is 5.56 Å². The Balaban J connectivity index is 2.47. The Kier molecular flexibility index (Phi) is 5.42. The average molecular weight is 217 g/mol. The minimum atomic E-state index is 0.0217. The first-order valence-corrected chi connectivity index (χ1v) is 5.87. The molecule has 0 aromatic carbocycles. The minimum absolute atomic E-state index is 0.0217. The van der Waals surface area contributed by atoms with Gasteiger partial charge in [-0.05, 0) is 18.9 Å². The molecule has 0 fully saturated rings. The van der Waals surface area contributed by atoms with Gasteiger partial charge >= 0.3 is 0 Å². The van der Waals surface area contributed by atoms with Crippen LogP contribution in [0.5, 0.6) is 0 Å². The predicted octanol–water partition coefficient (Wildman–Crippen LogP) is 2.74. The van der Waals surface area contributed by atoms with Gasteiger partial charge in [-0.2, -0.15) is 0 Å². The molecular formula is C14H19NO. The van der Waals surface area contributed by atoms with Crippen LogP contribution >= 0.6 is 0 Å². The van der Waals surface area contributed by atoms with E-state index in [0.29, 0.717) is 6.54 Å². The van der Waals surface area contributed by atoms with E-state index in [9.17, 15) is 4.79 Å². The number of aryl methyl sites for hydroxylation is 1. The van der Waals surface area contributed by atoms with Crippen molar-refractivity contribution in [2.75, 3.05) is 0 Å². The molecule has 2 nitrogen and oxygen atoms in total. The lowest BCUT2D eigenvalue weighted by Crippen LogP contribution is -2.17. The Morgan fingerprint density at radius 1 is 1.25 bits per heavy atom. The molecule has 0 aliphatic rings. The highest BCUT2D eigenvalue weighted by molar-refractivity contribution is 5.09. The second-order valence-electron chi connectivity index (χ2n) is 3.98. The standard InChI is InChI=1S/C14H19NO/c1-3-4-5-6-7-8-11-15-12-13(2)9-10-14(15)16/h9-10,12H,3-6,11H2,1-2H3. The van der Waals surface area contributed by atoms with Gasteiger partial charge in [-0.1, -0.05) is 31.8 Å². The Morgan fingerprint density at radius 2 is 2.06 bits per heavy atom. The molecule has 0 bridgehead atoms. The molecule has 86 valence electrons. The van der Waals surface area contributed by atoms with E-state index < -0.39 is 0 Å². The molecule has 16 heavy (non-hydrogen) atoms. The Labute approximate surface area is 97.3 Å². The predicted molar refractivity (Wildman–Crippen MR) is 67.4 cm³/mol. The third-order valence-corrected chi connectivity index (χ3v) is 2.41. The van der Waals surface area contributed by atoms with Crippen LogP contribution in [0.1, 0.15) is 38.2 Å². The van der Waals surface area contributed by atoms with E-state index in [1.807, 2.05) is 19.2 Å². The van der Waals surface area contributed by atoms with Gasteiger partial charge in [0.2, 0.25) is 0 Å². The normalized spacial score (nSPS) is 9.62. The third-order valence-electron chi connectivity index (χ3n) is 2.41. The summed E-state index contributed by atoms with van der Waals surface area (Å²) in [6.07, 6.45) is 6.40. The maximum Gasteiger partial charge on any atom is 0.251 e. The summed E-state index contributed by atoms with van der Waals surface area (Å²) in [5.41, 5.74) is 1.11. The van der Waals surface area contributed by atoms with Crippen molar-refractivity contribution in [2.24, 2.45) is 0 Å². The van der Waals surface area contributed by atoms with E-state index in [1.165, 1.54) is 12.8 Å². The molecule has 0 saturated heterocycles. The number of hydrogen-bond acceptors (Lipinski definition) is 1. The molecule has 0 spiro atoms. The van der Waals surface area contributed by atoms with E-state index in [2.05, 4.69) is 18.8 Å². The average Bonchev–Trinajstić information content (AvgIpc) is 2.28. The van der Waals surface area contributed by atoms with Crippen LogP contribution in [0.4, 0.5) is 0 Å². The lowest BCUT2D eigenvalue weighted by Gasteiger charge is -2.00. The lowest BCUT2D eigenvalue weighted by atomic mass is 10.2. The van der Waals surface area contributed by atoms with Gasteiger partial charge in [0, 0.05) is 18.7 Å². The largest absolute Gasteiger partial charge is 0.304 e. The van der Waals surface area contributed by atoms with Crippen molar-refractivity contribution in [3.63, 3.8) is 0 Å². The summed E-state index contributed by atoms with van der Waals surface area (Å²) >= 11 is 0. The summed E-state index contributed by atoms with van der Waals surface area (Å²) in [6.45, 7) is 4.66. The van der Waals surface area contributed by atoms with Crippen LogP contribution in [0.15, 0.2) is 23.1 Å². The van der Waals surface area contributed by atoms with Crippen LogP contribution in [-0.2, 0) is 6.54 Å². The molecule has 1 aromatic rings. The zero-order valence-electron chi connectivity index (χ0n) is 10.1. The first-order chi connectivity index (χ1) is 7.74. The number of unbranched alkanes of at least 4 members (excludes halogenated alkanes) is 3. The van der Waals surface area contributed by atoms with Crippen molar-refractivity contribution in [2.45, 2.75) is 46.1 Å². The number of aromatic nitrogens is 1. The fourth-order valence-electron chi connectivity index (χ4n) is 1.47. The van der Waals surface area contributed by atoms with Gasteiger partial charge in [-0.3, -0.25) is 4.79 Å². The van der Waals surface area contributed by atoms with Gasteiger partial charge < -0.3 is 4.57 Å². The third kappa shape index (κ3) is 4.35. The molecule has 0 N–H and O–H groups in total. The zero-order valence-corrected chi connectivity index (χ0v) is 10.1. The lowest BCUT2D eigenvalue weighted by molar-refractivity contribution is 0.735. The molecule has 0 radical (unpaired) electrons. The first kappa shape index (κ1) is 12.6. The second kappa shape index (κ2) is 6.90. The van der Waals surface area contributed by atoms with Gasteiger partial charge in [0.15, 0.2) is 0 Å². The van der Waals surface area contributed by atoms with Crippen LogP contribution in [0.2, 0.25) is 0 Å². The molecule has 0 amide bonds. The van der Waals surface area contributed by atoms with E-state index in [-0.39, 0.29) is 5.56 Å². The molecule has 1 heterocycles. The van der Waals surface area contributed by atoms with Gasteiger partial charge in [0.1, 0.15) is 0 Å². The number of nitrogens with zero attached hydrogens (tertiary/aromatic N) is 1. The quantitative estimate of drug-likeness (QED) is 0.561. The summed E-state index contributed by atoms with van der Waals surface area (Å²) in [6, 6.07) is 3.42. The molecule has 0 atom stereocenters. The molecule has 0 aliphatic carbocycles. The summed E-state index contributed by atoms with van der Waals surface area (Å²) < 4.78 is 1.65. The number of pyridine rings is 1. The molecule has 0 saturated carbocycles. The van der Waals surface area contributed by atoms with Crippen LogP contribution in [-0.4, -0.2) is 4.57 Å². The van der Waals surface area contributed by atoms with Gasteiger partial charge in [0.05, 0.1) is 6.54 Å². The Morgan fingerprint density at radius 3 is 2.81 bits per heavy atom. The van der Waals surface area contributed by atoms with Crippen LogP contribution in [0.25, 0.3) is 0 Å². The summed E-state index contributed by atoms with van der Waals surface area (Å²) in [5, 5.41) is 0. The second-order valence-corrected chi connectivity index (χ2v) is 3.98. The SMILES string of the molecule is CCCCCC#CCn1cc(C)ccc1=O. The molecule has 1 aromatic heterocycles. The smallest absolute Gasteiger partial charge is 0.251 e. The van der Waals surface area contributed by atoms with Crippen molar-refractivity contribution in [3.05, 3.63) is 34.2 Å². The maximum atomic E-state index is 11.4. The summed E-state index contributed by atoms with van der Waals surface area (Å²) in [5.74, 6) is 6.15. The molecule has 2 heteroatoms. The van der Waals surface area contributed by atoms with E-state index in [4.69, 9.17) is 0 Å². The summed E-state index contributed by atoms with van der Waals surface area (Å²) in [7, 11) is 0. The topological polar surface area (TPSA) is 22.0 Å². The number of rotatable bonds is 4. The minimum Gasteiger partial charge on any atom is -0.304 e. The zero-order chi connectivity index (χ0) is 11.8. The van der Waals surface area contributed by atoms with Gasteiger partial charge in [-0.15, -0.1) is 5.92 Å². The van der Waals surface area contributed by atoms with Crippen molar-refractivity contribution in [1.29, 1.82) is 0 Å². The van der Waals surface area contributed by atoms with E-state index in [0.717, 1.165) is 18.4 Å². The molecular weight excluding hydrogens is 198 g/mol. The van der Waals surface area contributed by atoms with Crippen LogP contribution < -0.4 is 5.56 Å². The van der Waals surface area contributed by atoms with Crippen molar-refractivity contribution in [1.82, 2.24) is 4.57 Å².